The van der Waals surface area contributed by atoms with Gasteiger partial charge >= 0.3 is 0 Å². The number of benzene rings is 2. The average Bonchev–Trinajstić information content (AvgIpc) is 2.74. The minimum absolute atomic E-state index is 0.0109. The van der Waals surface area contributed by atoms with E-state index in [2.05, 4.69) is 11.1 Å². The molecule has 0 bridgehead atoms. The molecule has 0 fully saturated rings. The second kappa shape index (κ2) is 8.79. The van der Waals surface area contributed by atoms with Gasteiger partial charge in [0.15, 0.2) is 5.78 Å². The van der Waals surface area contributed by atoms with Crippen molar-refractivity contribution in [2.24, 2.45) is 0 Å². The molecule has 0 amide bonds. The number of halogens is 1. The number of nitrogens with zero attached hydrogens (tertiary/aromatic N) is 3. The summed E-state index contributed by atoms with van der Waals surface area (Å²) in [6.07, 6.45) is 0. The van der Waals surface area contributed by atoms with Gasteiger partial charge in [0.05, 0.1) is 10.8 Å². The van der Waals surface area contributed by atoms with Crippen molar-refractivity contribution in [3.8, 4) is 23.3 Å². The Hall–Kier alpha value is -3.32. The molecule has 5 nitrogen and oxygen atoms in total. The topological polar surface area (TPSA) is 104 Å². The van der Waals surface area contributed by atoms with Crippen LogP contribution in [0.5, 0.6) is 0 Å². The largest absolute Gasteiger partial charge is 0.383 e. The van der Waals surface area contributed by atoms with Crippen LogP contribution in [0.4, 0.5) is 5.82 Å². The lowest BCUT2D eigenvalue weighted by Gasteiger charge is -2.16. The molecule has 0 aliphatic carbocycles. The van der Waals surface area contributed by atoms with E-state index in [4.69, 9.17) is 17.3 Å². The number of carbonyl (C=O) groups excluding carboxylic acids is 1. The highest BCUT2D eigenvalue weighted by molar-refractivity contribution is 8.00. The first kappa shape index (κ1) is 20.4. The fraction of sp³-hybridized carbons (Fsp3) is 0.0909. The molecule has 3 rings (SSSR count). The number of nitrogen functional groups attached to an aromatic ring is 1. The van der Waals surface area contributed by atoms with Crippen LogP contribution in [0.1, 0.15) is 28.4 Å². The Morgan fingerprint density at radius 3 is 2.31 bits per heavy atom. The van der Waals surface area contributed by atoms with Gasteiger partial charge in [-0.15, -0.1) is 0 Å². The van der Waals surface area contributed by atoms with Gasteiger partial charge in [-0.2, -0.15) is 10.5 Å². The maximum Gasteiger partial charge on any atom is 0.175 e. The Labute approximate surface area is 177 Å². The van der Waals surface area contributed by atoms with E-state index in [0.717, 1.165) is 11.8 Å². The molecule has 29 heavy (non-hydrogen) atoms. The first-order valence-electron chi connectivity index (χ1n) is 8.62. The van der Waals surface area contributed by atoms with E-state index in [1.807, 2.05) is 12.1 Å². The normalized spacial score (nSPS) is 11.3. The molecule has 0 aliphatic rings. The van der Waals surface area contributed by atoms with Gasteiger partial charge < -0.3 is 5.73 Å². The van der Waals surface area contributed by atoms with Crippen LogP contribution in [0, 0.1) is 22.7 Å². The Morgan fingerprint density at radius 2 is 1.69 bits per heavy atom. The van der Waals surface area contributed by atoms with Gasteiger partial charge in [-0.1, -0.05) is 71.9 Å². The van der Waals surface area contributed by atoms with E-state index in [9.17, 15) is 15.3 Å². The van der Waals surface area contributed by atoms with Crippen LogP contribution in [-0.4, -0.2) is 16.0 Å². The number of nitriles is 2. The predicted octanol–water partition coefficient (Wildman–Crippen LogP) is 5.09. The van der Waals surface area contributed by atoms with Gasteiger partial charge in [-0.25, -0.2) is 4.98 Å². The summed E-state index contributed by atoms with van der Waals surface area (Å²) in [7, 11) is 0. The highest BCUT2D eigenvalue weighted by atomic mass is 35.5. The lowest BCUT2D eigenvalue weighted by Crippen LogP contribution is -2.14. The standard InChI is InChI=1S/C22H15ClN4OS/c1-13(20(28)14-7-3-2-4-8-14)29-22-17(12-25)19(16(11-24)21(26)27-22)15-9-5-6-10-18(15)23/h2-10,13H,1H3,(H2,26,27). The van der Waals surface area contributed by atoms with Gasteiger partial charge in [0.25, 0.3) is 0 Å². The van der Waals surface area contributed by atoms with Crippen molar-refractivity contribution >= 4 is 35.0 Å². The summed E-state index contributed by atoms with van der Waals surface area (Å²) in [4.78, 5) is 17.0. The molecule has 2 N–H and O–H groups in total. The molecular weight excluding hydrogens is 404 g/mol. The van der Waals surface area contributed by atoms with Crippen LogP contribution < -0.4 is 5.73 Å². The summed E-state index contributed by atoms with van der Waals surface area (Å²) < 4.78 is 0. The number of ketones is 1. The van der Waals surface area contributed by atoms with Crippen molar-refractivity contribution in [2.75, 3.05) is 5.73 Å². The Balaban J connectivity index is 2.12. The van der Waals surface area contributed by atoms with E-state index in [0.29, 0.717) is 21.7 Å². The highest BCUT2D eigenvalue weighted by Gasteiger charge is 2.25. The molecule has 1 atom stereocenters. The number of thioether (sulfide) groups is 1. The maximum absolute atomic E-state index is 12.7. The maximum atomic E-state index is 12.7. The first-order chi connectivity index (χ1) is 14.0. The van der Waals surface area contributed by atoms with Crippen molar-refractivity contribution in [1.29, 1.82) is 10.5 Å². The second-order valence-corrected chi connectivity index (χ2v) is 7.86. The number of Topliss-reactive ketones (excluding diaryl/α,β-unsaturated/α-hetero) is 1. The Kier molecular flexibility index (Phi) is 6.19. The average molecular weight is 419 g/mol. The smallest absolute Gasteiger partial charge is 0.175 e. The molecule has 3 aromatic rings. The SMILES string of the molecule is CC(Sc1nc(N)c(C#N)c(-c2ccccc2Cl)c1C#N)C(=O)c1ccccc1. The number of pyridine rings is 1. The lowest BCUT2D eigenvalue weighted by atomic mass is 9.97. The molecule has 2 aromatic carbocycles. The zero-order chi connectivity index (χ0) is 21.0. The first-order valence-corrected chi connectivity index (χ1v) is 9.88. The number of nitrogens with two attached hydrogens (primary N) is 1. The summed E-state index contributed by atoms with van der Waals surface area (Å²) in [5.74, 6) is -0.105. The molecule has 0 spiro atoms. The number of anilines is 1. The van der Waals surface area contributed by atoms with Gasteiger partial charge in [-0.05, 0) is 13.0 Å². The molecule has 7 heteroatoms. The number of hydrogen-bond donors (Lipinski definition) is 1. The summed E-state index contributed by atoms with van der Waals surface area (Å²) in [6, 6.07) is 19.9. The van der Waals surface area contributed by atoms with E-state index in [1.165, 1.54) is 0 Å². The van der Waals surface area contributed by atoms with Crippen molar-refractivity contribution in [2.45, 2.75) is 17.2 Å². The lowest BCUT2D eigenvalue weighted by molar-refractivity contribution is 0.0994. The zero-order valence-electron chi connectivity index (χ0n) is 15.4. The predicted molar refractivity (Wildman–Crippen MR) is 115 cm³/mol. The quantitative estimate of drug-likeness (QED) is 0.457. The van der Waals surface area contributed by atoms with Crippen LogP contribution in [0.15, 0.2) is 59.6 Å². The number of aromatic nitrogens is 1. The number of carbonyl (C=O) groups is 1. The summed E-state index contributed by atoms with van der Waals surface area (Å²) >= 11 is 7.45. The van der Waals surface area contributed by atoms with E-state index >= 15 is 0 Å². The van der Waals surface area contributed by atoms with Gasteiger partial charge in [0, 0.05) is 21.7 Å². The van der Waals surface area contributed by atoms with Crippen LogP contribution >= 0.6 is 23.4 Å². The number of hydrogen-bond acceptors (Lipinski definition) is 6. The molecule has 142 valence electrons. The second-order valence-electron chi connectivity index (χ2n) is 6.12. The fourth-order valence-electron chi connectivity index (χ4n) is 2.87. The van der Waals surface area contributed by atoms with Crippen LogP contribution in [0.25, 0.3) is 11.1 Å². The van der Waals surface area contributed by atoms with Crippen molar-refractivity contribution in [3.63, 3.8) is 0 Å². The van der Waals surface area contributed by atoms with Crippen molar-refractivity contribution < 1.29 is 4.79 Å². The Morgan fingerprint density at radius 1 is 1.07 bits per heavy atom. The van der Waals surface area contributed by atoms with Crippen molar-refractivity contribution in [3.05, 3.63) is 76.3 Å². The van der Waals surface area contributed by atoms with E-state index < -0.39 is 5.25 Å². The van der Waals surface area contributed by atoms with Crippen LogP contribution in [-0.2, 0) is 0 Å². The van der Waals surface area contributed by atoms with Gasteiger partial charge in [0.1, 0.15) is 28.5 Å². The summed E-state index contributed by atoms with van der Waals surface area (Å²) in [5, 5.41) is 19.6. The summed E-state index contributed by atoms with van der Waals surface area (Å²) in [5.41, 5.74) is 7.69. The van der Waals surface area contributed by atoms with Crippen molar-refractivity contribution in [1.82, 2.24) is 4.98 Å². The third kappa shape index (κ3) is 4.09. The van der Waals surface area contributed by atoms with Crippen LogP contribution in [0.3, 0.4) is 0 Å². The third-order valence-corrected chi connectivity index (χ3v) is 5.69. The van der Waals surface area contributed by atoms with E-state index in [1.54, 1.807) is 55.5 Å². The fourth-order valence-corrected chi connectivity index (χ4v) is 4.10. The minimum atomic E-state index is -0.511. The van der Waals surface area contributed by atoms with Crippen LogP contribution in [0.2, 0.25) is 5.02 Å². The third-order valence-electron chi connectivity index (χ3n) is 4.27. The van der Waals surface area contributed by atoms with E-state index in [-0.39, 0.29) is 27.8 Å². The molecule has 0 aliphatic heterocycles. The molecule has 0 radical (unpaired) electrons. The minimum Gasteiger partial charge on any atom is -0.383 e. The Bertz CT molecular complexity index is 1170. The zero-order valence-corrected chi connectivity index (χ0v) is 17.0. The monoisotopic (exact) mass is 418 g/mol. The molecule has 0 saturated heterocycles. The molecule has 0 saturated carbocycles. The summed E-state index contributed by atoms with van der Waals surface area (Å²) in [6.45, 7) is 1.74. The molecular formula is C22H15ClN4OS. The highest BCUT2D eigenvalue weighted by Crippen LogP contribution is 2.39. The number of rotatable bonds is 5. The molecule has 1 unspecified atom stereocenters. The molecule has 1 heterocycles. The molecule has 1 aromatic heterocycles. The van der Waals surface area contributed by atoms with Gasteiger partial charge in [-0.3, -0.25) is 4.79 Å². The van der Waals surface area contributed by atoms with Gasteiger partial charge in [0.2, 0.25) is 0 Å².